The third kappa shape index (κ3) is 12.2. The van der Waals surface area contributed by atoms with Crippen molar-refractivity contribution < 1.29 is 0 Å². The zero-order chi connectivity index (χ0) is 7.33. The molecular weight excluding hydrogens is 216 g/mol. The van der Waals surface area contributed by atoms with Crippen molar-refractivity contribution in [1.29, 1.82) is 0 Å². The molecule has 0 bridgehead atoms. The minimum absolute atomic E-state index is 0. The van der Waals surface area contributed by atoms with Gasteiger partial charge < -0.3 is 0 Å². The van der Waals surface area contributed by atoms with Gasteiger partial charge in [0, 0.05) is 0 Å². The van der Waals surface area contributed by atoms with E-state index >= 15 is 0 Å². The van der Waals surface area contributed by atoms with Crippen molar-refractivity contribution in [2.45, 2.75) is 44.0 Å². The minimum atomic E-state index is -0.556. The van der Waals surface area contributed by atoms with Crippen LogP contribution in [0, 0.1) is 0 Å². The van der Waals surface area contributed by atoms with E-state index < -0.39 is 5.72 Å². The number of rotatable bonds is 4. The van der Waals surface area contributed by atoms with Crippen LogP contribution in [0.4, 0.5) is 0 Å². The van der Waals surface area contributed by atoms with Crippen molar-refractivity contribution in [2.75, 3.05) is 0 Å². The molecule has 0 heterocycles. The van der Waals surface area contributed by atoms with E-state index in [4.69, 9.17) is 0 Å². The molecule has 0 saturated carbocycles. The lowest BCUT2D eigenvalue weighted by molar-refractivity contribution is 0.882. The van der Waals surface area contributed by atoms with Gasteiger partial charge in [-0.1, -0.05) is 45.1 Å². The molecule has 0 aliphatic rings. The van der Waals surface area contributed by atoms with Gasteiger partial charge in [-0.2, -0.15) is 0 Å². The van der Waals surface area contributed by atoms with Crippen LogP contribution < -0.4 is 0 Å². The van der Waals surface area contributed by atoms with Gasteiger partial charge in [0.1, 0.15) is 0 Å². The van der Waals surface area contributed by atoms with E-state index in [-0.39, 0.29) is 17.0 Å². The van der Waals surface area contributed by atoms with Crippen molar-refractivity contribution in [3.8, 4) is 0 Å². The molecule has 0 rings (SSSR count). The summed E-state index contributed by atoms with van der Waals surface area (Å²) >= 11 is 0.378. The molecule has 0 radical (unpaired) electrons. The highest BCUT2D eigenvalue weighted by Gasteiger charge is 2.14. The van der Waals surface area contributed by atoms with E-state index in [1.54, 1.807) is 4.55 Å². The molecule has 0 saturated heterocycles. The van der Waals surface area contributed by atoms with Crippen LogP contribution in [0.3, 0.4) is 0 Å². The molecule has 0 nitrogen and oxygen atoms in total. The molecule has 3 heteroatoms. The van der Waals surface area contributed by atoms with Crippen LogP contribution in [0.5, 0.6) is 0 Å². The molecule has 0 aromatic rings. The maximum Gasteiger partial charge on any atom is 0.363 e. The quantitative estimate of drug-likeness (QED) is 0.518. The standard InChI is InChI=1S/C4H9.C3H9Si.BrH.Mg/c1-3-4-2;1-4(2)3;;/h1,3-4H2,2H3;1-3H3;1H;. The summed E-state index contributed by atoms with van der Waals surface area (Å²) in [5.74, 6) is 0. The van der Waals surface area contributed by atoms with Gasteiger partial charge in [0.05, 0.1) is 0 Å². The van der Waals surface area contributed by atoms with E-state index in [1.165, 1.54) is 12.8 Å². The van der Waals surface area contributed by atoms with Gasteiger partial charge in [0.25, 0.3) is 0 Å². The second-order valence-corrected chi connectivity index (χ2v) is 18.2. The molecule has 0 aromatic carbocycles. The highest BCUT2D eigenvalue weighted by atomic mass is 79.9. The summed E-state index contributed by atoms with van der Waals surface area (Å²) < 4.78 is 1.60. The maximum atomic E-state index is 2.51. The molecule has 0 aliphatic heterocycles. The summed E-state index contributed by atoms with van der Waals surface area (Å²) in [6.07, 6.45) is 2.90. The lowest BCUT2D eigenvalue weighted by Gasteiger charge is -2.13. The zero-order valence-corrected chi connectivity index (χ0v) is 11.9. The number of hydrogen-bond donors (Lipinski definition) is 0. The Kier molecular flexibility index (Phi) is 9.99. The smallest absolute Gasteiger partial charge is 0.148 e. The van der Waals surface area contributed by atoms with Crippen LogP contribution in [-0.4, -0.2) is 25.3 Å². The first-order chi connectivity index (χ1) is 4.06. The zero-order valence-electron chi connectivity index (χ0n) is 7.74. The summed E-state index contributed by atoms with van der Waals surface area (Å²) in [6.45, 7) is 9.82. The number of halogens is 1. The Bertz CT molecular complexity index is 70.5. The van der Waals surface area contributed by atoms with Gasteiger partial charge >= 0.3 is 19.6 Å². The SMILES string of the molecule is Br.CCC[CH2][Mg][Si](C)(C)C. The van der Waals surface area contributed by atoms with Gasteiger partial charge in [-0.3, -0.25) is 0 Å². The Balaban J connectivity index is 0. The lowest BCUT2D eigenvalue weighted by atomic mass is 10.4. The fourth-order valence-corrected chi connectivity index (χ4v) is 6.65. The molecule has 0 spiro atoms. The topological polar surface area (TPSA) is 0 Å². The van der Waals surface area contributed by atoms with Crippen molar-refractivity contribution in [3.63, 3.8) is 0 Å². The summed E-state index contributed by atoms with van der Waals surface area (Å²) in [6, 6.07) is 0. The first-order valence-electron chi connectivity index (χ1n) is 4.06. The van der Waals surface area contributed by atoms with E-state index in [0.29, 0.717) is 19.6 Å². The molecule has 0 unspecified atom stereocenters. The Morgan fingerprint density at radius 2 is 1.70 bits per heavy atom. The molecular formula is C7H19BrMgSi. The average Bonchev–Trinajstić information content (AvgIpc) is 1.63. The minimum Gasteiger partial charge on any atom is -0.148 e. The second-order valence-electron chi connectivity index (χ2n) is 4.02. The molecule has 60 valence electrons. The van der Waals surface area contributed by atoms with Crippen LogP contribution in [0.25, 0.3) is 0 Å². The Hall–Kier alpha value is 1.46. The Morgan fingerprint density at radius 1 is 1.20 bits per heavy atom. The van der Waals surface area contributed by atoms with E-state index in [9.17, 15) is 0 Å². The molecule has 0 aromatic heterocycles. The fourth-order valence-electron chi connectivity index (χ4n) is 0.905. The first kappa shape index (κ1) is 14.0. The highest BCUT2D eigenvalue weighted by Crippen LogP contribution is 2.03. The Labute approximate surface area is 85.8 Å². The van der Waals surface area contributed by atoms with Gasteiger partial charge in [-0.25, -0.2) is 0 Å². The normalized spacial score (nSPS) is 10.0. The molecule has 0 fully saturated rings. The van der Waals surface area contributed by atoms with Crippen LogP contribution in [-0.2, 0) is 0 Å². The van der Waals surface area contributed by atoms with Gasteiger partial charge in [-0.15, -0.1) is 21.5 Å². The summed E-state index contributed by atoms with van der Waals surface area (Å²) in [7, 11) is 0. The van der Waals surface area contributed by atoms with Crippen molar-refractivity contribution in [2.24, 2.45) is 0 Å². The molecule has 0 amide bonds. The summed E-state index contributed by atoms with van der Waals surface area (Å²) in [5, 5.41) is 0. The van der Waals surface area contributed by atoms with Crippen LogP contribution in [0.2, 0.25) is 24.2 Å². The van der Waals surface area contributed by atoms with Gasteiger partial charge in [-0.05, 0) is 0 Å². The molecule has 0 atom stereocenters. The first-order valence-corrected chi connectivity index (χ1v) is 10.9. The third-order valence-electron chi connectivity index (χ3n) is 1.53. The maximum absolute atomic E-state index is 2.51. The van der Waals surface area contributed by atoms with E-state index in [0.717, 1.165) is 0 Å². The fraction of sp³-hybridized carbons (Fsp3) is 1.00. The van der Waals surface area contributed by atoms with Crippen LogP contribution in [0.1, 0.15) is 19.8 Å². The summed E-state index contributed by atoms with van der Waals surface area (Å²) in [5.41, 5.74) is -0.556. The van der Waals surface area contributed by atoms with E-state index in [2.05, 4.69) is 26.6 Å². The summed E-state index contributed by atoms with van der Waals surface area (Å²) in [4.78, 5) is 0. The highest BCUT2D eigenvalue weighted by molar-refractivity contribution is 8.93. The van der Waals surface area contributed by atoms with Gasteiger partial charge in [0.2, 0.25) is 0 Å². The molecule has 10 heavy (non-hydrogen) atoms. The van der Waals surface area contributed by atoms with Crippen molar-refractivity contribution >= 4 is 42.3 Å². The predicted molar refractivity (Wildman–Crippen MR) is 59.1 cm³/mol. The number of unbranched alkanes of at least 4 members (excludes halogenated alkanes) is 1. The van der Waals surface area contributed by atoms with Crippen molar-refractivity contribution in [1.82, 2.24) is 0 Å². The van der Waals surface area contributed by atoms with Crippen LogP contribution >= 0.6 is 17.0 Å². The predicted octanol–water partition coefficient (Wildman–Crippen LogP) is 3.32. The monoisotopic (exact) mass is 234 g/mol. The molecule has 0 N–H and O–H groups in total. The Morgan fingerprint density at radius 3 is 2.00 bits per heavy atom. The van der Waals surface area contributed by atoms with E-state index in [1.807, 2.05) is 0 Å². The average molecular weight is 236 g/mol. The van der Waals surface area contributed by atoms with Crippen molar-refractivity contribution in [3.05, 3.63) is 0 Å². The van der Waals surface area contributed by atoms with Gasteiger partial charge in [0.15, 0.2) is 0 Å². The number of hydrogen-bond acceptors (Lipinski definition) is 0. The molecule has 0 aliphatic carbocycles. The van der Waals surface area contributed by atoms with Crippen LogP contribution in [0.15, 0.2) is 0 Å². The lowest BCUT2D eigenvalue weighted by Crippen LogP contribution is -2.29. The third-order valence-corrected chi connectivity index (χ3v) is 9.44. The largest absolute Gasteiger partial charge is 0.363 e. The second kappa shape index (κ2) is 7.13.